The zero-order chi connectivity index (χ0) is 13.7. The molecular weight excluding hydrogens is 238 g/mol. The van der Waals surface area contributed by atoms with Gasteiger partial charge in [-0.2, -0.15) is 0 Å². The van der Waals surface area contributed by atoms with Gasteiger partial charge in [0.2, 0.25) is 0 Å². The molecule has 3 heteroatoms. The van der Waals surface area contributed by atoms with Gasteiger partial charge in [0.25, 0.3) is 0 Å². The first kappa shape index (κ1) is 14.1. The molecule has 1 atom stereocenters. The van der Waals surface area contributed by atoms with E-state index in [2.05, 4.69) is 36.2 Å². The molecule has 1 aromatic rings. The molecule has 0 unspecified atom stereocenters. The van der Waals surface area contributed by atoms with Crippen molar-refractivity contribution in [3.8, 4) is 0 Å². The van der Waals surface area contributed by atoms with E-state index in [1.165, 1.54) is 12.5 Å². The van der Waals surface area contributed by atoms with Gasteiger partial charge in [-0.15, -0.1) is 0 Å². The van der Waals surface area contributed by atoms with Crippen molar-refractivity contribution in [3.63, 3.8) is 0 Å². The summed E-state index contributed by atoms with van der Waals surface area (Å²) in [6, 6.07) is 10.5. The number of rotatable bonds is 3. The number of ether oxygens (including phenoxy) is 1. The summed E-state index contributed by atoms with van der Waals surface area (Å²) in [5, 5.41) is 0. The van der Waals surface area contributed by atoms with Crippen molar-refractivity contribution in [2.24, 2.45) is 0 Å². The van der Waals surface area contributed by atoms with E-state index < -0.39 is 0 Å². The Morgan fingerprint density at radius 1 is 1.26 bits per heavy atom. The lowest BCUT2D eigenvalue weighted by Crippen LogP contribution is -2.34. The zero-order valence-corrected chi connectivity index (χ0v) is 11.9. The summed E-state index contributed by atoms with van der Waals surface area (Å²) in [4.78, 5) is 13.5. The number of hydrogen-bond donors (Lipinski definition) is 0. The molecule has 0 spiro atoms. The van der Waals surface area contributed by atoms with Crippen LogP contribution in [0.15, 0.2) is 30.3 Å². The Bertz CT molecular complexity index is 418. The maximum atomic E-state index is 11.2. The van der Waals surface area contributed by atoms with Gasteiger partial charge in [0, 0.05) is 12.3 Å². The molecule has 0 amide bonds. The fourth-order valence-corrected chi connectivity index (χ4v) is 2.88. The average Bonchev–Trinajstić information content (AvgIpc) is 2.61. The molecule has 1 saturated heterocycles. The van der Waals surface area contributed by atoms with Crippen molar-refractivity contribution in [2.75, 3.05) is 26.7 Å². The van der Waals surface area contributed by atoms with E-state index in [-0.39, 0.29) is 11.4 Å². The molecule has 1 aliphatic rings. The van der Waals surface area contributed by atoms with Crippen LogP contribution in [0.3, 0.4) is 0 Å². The van der Waals surface area contributed by atoms with Gasteiger partial charge in [-0.1, -0.05) is 30.3 Å². The van der Waals surface area contributed by atoms with Crippen molar-refractivity contribution in [1.29, 1.82) is 0 Å². The Balaban J connectivity index is 2.24. The normalized spacial score (nSPS) is 24.7. The van der Waals surface area contributed by atoms with E-state index in [1.54, 1.807) is 0 Å². The van der Waals surface area contributed by atoms with Crippen LogP contribution in [0.4, 0.5) is 0 Å². The Kier molecular flexibility index (Phi) is 4.59. The second-order valence-electron chi connectivity index (χ2n) is 5.58. The Labute approximate surface area is 115 Å². The van der Waals surface area contributed by atoms with Gasteiger partial charge in [-0.25, -0.2) is 0 Å². The van der Waals surface area contributed by atoms with Crippen molar-refractivity contribution >= 4 is 5.97 Å². The molecule has 1 aromatic carbocycles. The molecule has 0 N–H and O–H groups in total. The van der Waals surface area contributed by atoms with Crippen LogP contribution in [0.1, 0.15) is 31.7 Å². The van der Waals surface area contributed by atoms with Gasteiger partial charge in [-0.3, -0.25) is 4.79 Å². The van der Waals surface area contributed by atoms with E-state index in [0.29, 0.717) is 6.61 Å². The van der Waals surface area contributed by atoms with Gasteiger partial charge in [0.15, 0.2) is 0 Å². The summed E-state index contributed by atoms with van der Waals surface area (Å²) in [7, 11) is 2.16. The lowest BCUT2D eigenvalue weighted by Gasteiger charge is -2.32. The number of hydrogen-bond acceptors (Lipinski definition) is 3. The topological polar surface area (TPSA) is 29.5 Å². The summed E-state index contributed by atoms with van der Waals surface area (Å²) in [5.74, 6) is -0.187. The van der Waals surface area contributed by atoms with Gasteiger partial charge in [0.1, 0.15) is 6.61 Å². The molecule has 3 nitrogen and oxygen atoms in total. The molecule has 104 valence electrons. The lowest BCUT2D eigenvalue weighted by atomic mass is 9.75. The maximum absolute atomic E-state index is 11.2. The SMILES string of the molecule is CC(=O)OC[C@@]1(c2ccccc2)CCCN(C)CC1. The highest BCUT2D eigenvalue weighted by Crippen LogP contribution is 2.35. The third kappa shape index (κ3) is 3.57. The van der Waals surface area contributed by atoms with E-state index >= 15 is 0 Å². The first-order chi connectivity index (χ1) is 9.12. The highest BCUT2D eigenvalue weighted by atomic mass is 16.5. The largest absolute Gasteiger partial charge is 0.465 e. The summed E-state index contributed by atoms with van der Waals surface area (Å²) in [6.45, 7) is 4.16. The van der Waals surface area contributed by atoms with Crippen LogP contribution in [0.5, 0.6) is 0 Å². The van der Waals surface area contributed by atoms with Gasteiger partial charge < -0.3 is 9.64 Å². The number of nitrogens with zero attached hydrogens (tertiary/aromatic N) is 1. The molecule has 0 aliphatic carbocycles. The van der Waals surface area contributed by atoms with Gasteiger partial charge >= 0.3 is 5.97 Å². The average molecular weight is 261 g/mol. The molecule has 0 aromatic heterocycles. The van der Waals surface area contributed by atoms with Crippen LogP contribution in [-0.4, -0.2) is 37.6 Å². The standard InChI is InChI=1S/C16H23NO2/c1-14(18)19-13-16(15-7-4-3-5-8-15)9-6-11-17(2)12-10-16/h3-5,7-8H,6,9-13H2,1-2H3/t16-/m1/s1. The van der Waals surface area contributed by atoms with Crippen molar-refractivity contribution in [1.82, 2.24) is 4.90 Å². The van der Waals surface area contributed by atoms with Crippen molar-refractivity contribution in [2.45, 2.75) is 31.6 Å². The second-order valence-corrected chi connectivity index (χ2v) is 5.58. The quantitative estimate of drug-likeness (QED) is 0.783. The number of likely N-dealkylation sites (tertiary alicyclic amines) is 1. The fourth-order valence-electron chi connectivity index (χ4n) is 2.88. The van der Waals surface area contributed by atoms with Crippen LogP contribution >= 0.6 is 0 Å². The predicted molar refractivity (Wildman–Crippen MR) is 76.1 cm³/mol. The van der Waals surface area contributed by atoms with Crippen LogP contribution in [0.25, 0.3) is 0 Å². The Morgan fingerprint density at radius 3 is 2.68 bits per heavy atom. The van der Waals surface area contributed by atoms with Crippen LogP contribution < -0.4 is 0 Å². The number of benzene rings is 1. The van der Waals surface area contributed by atoms with Gasteiger partial charge in [0.05, 0.1) is 0 Å². The minimum absolute atomic E-state index is 0.0162. The molecule has 1 aliphatic heterocycles. The summed E-state index contributed by atoms with van der Waals surface area (Å²) < 4.78 is 5.37. The highest BCUT2D eigenvalue weighted by Gasteiger charge is 2.34. The smallest absolute Gasteiger partial charge is 0.302 e. The number of carbonyl (C=O) groups is 1. The molecular formula is C16H23NO2. The number of carbonyl (C=O) groups excluding carboxylic acids is 1. The molecule has 19 heavy (non-hydrogen) atoms. The molecule has 0 radical (unpaired) electrons. The van der Waals surface area contributed by atoms with Crippen LogP contribution in [-0.2, 0) is 14.9 Å². The first-order valence-corrected chi connectivity index (χ1v) is 7.00. The van der Waals surface area contributed by atoms with E-state index in [1.807, 2.05) is 6.07 Å². The van der Waals surface area contributed by atoms with Crippen molar-refractivity contribution < 1.29 is 9.53 Å². The first-order valence-electron chi connectivity index (χ1n) is 7.00. The molecule has 0 bridgehead atoms. The van der Waals surface area contributed by atoms with Gasteiger partial charge in [-0.05, 0) is 45.0 Å². The summed E-state index contributed by atoms with van der Waals surface area (Å²) >= 11 is 0. The number of esters is 1. The summed E-state index contributed by atoms with van der Waals surface area (Å²) in [6.07, 6.45) is 3.27. The molecule has 2 rings (SSSR count). The minimum Gasteiger partial charge on any atom is -0.465 e. The monoisotopic (exact) mass is 261 g/mol. The maximum Gasteiger partial charge on any atom is 0.302 e. The lowest BCUT2D eigenvalue weighted by molar-refractivity contribution is -0.143. The van der Waals surface area contributed by atoms with E-state index in [4.69, 9.17) is 4.74 Å². The third-order valence-electron chi connectivity index (χ3n) is 4.11. The second kappa shape index (κ2) is 6.20. The fraction of sp³-hybridized carbons (Fsp3) is 0.562. The highest BCUT2D eigenvalue weighted by molar-refractivity contribution is 5.66. The minimum atomic E-state index is -0.187. The third-order valence-corrected chi connectivity index (χ3v) is 4.11. The molecule has 0 saturated carbocycles. The molecule has 1 heterocycles. The molecule has 1 fully saturated rings. The predicted octanol–water partition coefficient (Wildman–Crippen LogP) is 2.60. The van der Waals surface area contributed by atoms with E-state index in [0.717, 1.165) is 32.4 Å². The van der Waals surface area contributed by atoms with Crippen molar-refractivity contribution in [3.05, 3.63) is 35.9 Å². The Hall–Kier alpha value is -1.35. The van der Waals surface area contributed by atoms with Crippen LogP contribution in [0, 0.1) is 0 Å². The zero-order valence-electron chi connectivity index (χ0n) is 11.9. The Morgan fingerprint density at radius 2 is 2.00 bits per heavy atom. The van der Waals surface area contributed by atoms with Crippen LogP contribution in [0.2, 0.25) is 0 Å². The van der Waals surface area contributed by atoms with E-state index in [9.17, 15) is 4.79 Å². The summed E-state index contributed by atoms with van der Waals surface area (Å²) in [5.41, 5.74) is 1.28.